The molecule has 0 N–H and O–H groups in total. The maximum Gasteiger partial charge on any atom is 0.226 e. The molecule has 2 fully saturated rings. The van der Waals surface area contributed by atoms with Crippen LogP contribution in [0.15, 0.2) is 28.8 Å². The van der Waals surface area contributed by atoms with Gasteiger partial charge in [0.25, 0.3) is 0 Å². The summed E-state index contributed by atoms with van der Waals surface area (Å²) < 4.78 is 18.2. The van der Waals surface area contributed by atoms with Gasteiger partial charge in [-0.3, -0.25) is 9.59 Å². The molecular weight excluding hydrogens is 363 g/mol. The summed E-state index contributed by atoms with van der Waals surface area (Å²) in [6, 6.07) is 5.90. The molecule has 2 heterocycles. The molecule has 1 aliphatic heterocycles. The topological polar surface area (TPSA) is 79.5 Å². The van der Waals surface area contributed by atoms with E-state index in [2.05, 4.69) is 10.1 Å². The van der Waals surface area contributed by atoms with Gasteiger partial charge in [0.05, 0.1) is 0 Å². The molecule has 1 aromatic heterocycles. The van der Waals surface area contributed by atoms with Crippen molar-refractivity contribution in [2.24, 2.45) is 5.92 Å². The molecule has 1 saturated carbocycles. The number of piperazine rings is 1. The number of hydrogen-bond donors (Lipinski definition) is 0. The summed E-state index contributed by atoms with van der Waals surface area (Å²) in [5, 5.41) is 3.91. The Bertz CT molecular complexity index is 839. The van der Waals surface area contributed by atoms with E-state index in [1.54, 1.807) is 12.1 Å². The van der Waals surface area contributed by atoms with E-state index in [1.165, 1.54) is 12.1 Å². The van der Waals surface area contributed by atoms with Gasteiger partial charge < -0.3 is 14.3 Å². The second kappa shape index (κ2) is 8.08. The van der Waals surface area contributed by atoms with Crippen LogP contribution in [0.25, 0.3) is 11.4 Å². The molecule has 1 aromatic carbocycles. The van der Waals surface area contributed by atoms with Gasteiger partial charge in [-0.1, -0.05) is 5.16 Å². The number of nitrogens with zero attached hydrogens (tertiary/aromatic N) is 4. The summed E-state index contributed by atoms with van der Waals surface area (Å²) in [7, 11) is 0. The third-order valence-corrected chi connectivity index (χ3v) is 5.22. The van der Waals surface area contributed by atoms with Crippen LogP contribution in [0.4, 0.5) is 4.39 Å². The van der Waals surface area contributed by atoms with Crippen LogP contribution in [0, 0.1) is 11.7 Å². The summed E-state index contributed by atoms with van der Waals surface area (Å²) in [4.78, 5) is 32.5. The highest BCUT2D eigenvalue weighted by Crippen LogP contribution is 2.31. The average Bonchev–Trinajstić information content (AvgIpc) is 3.47. The zero-order chi connectivity index (χ0) is 19.5. The second-order valence-electron chi connectivity index (χ2n) is 7.35. The number of carbonyl (C=O) groups excluding carboxylic acids is 2. The lowest BCUT2D eigenvalue weighted by Crippen LogP contribution is -2.51. The van der Waals surface area contributed by atoms with E-state index in [4.69, 9.17) is 4.52 Å². The fourth-order valence-corrected chi connectivity index (χ4v) is 3.39. The average molecular weight is 386 g/mol. The van der Waals surface area contributed by atoms with Crippen molar-refractivity contribution in [2.75, 3.05) is 26.2 Å². The van der Waals surface area contributed by atoms with E-state index in [9.17, 15) is 14.0 Å². The minimum absolute atomic E-state index is 0.0943. The molecule has 0 radical (unpaired) electrons. The number of aromatic nitrogens is 2. The molecule has 28 heavy (non-hydrogen) atoms. The molecule has 0 unspecified atom stereocenters. The van der Waals surface area contributed by atoms with E-state index in [0.29, 0.717) is 62.7 Å². The molecular formula is C20H23FN4O3. The summed E-state index contributed by atoms with van der Waals surface area (Å²) in [6.07, 6.45) is 3.56. The van der Waals surface area contributed by atoms with Crippen LogP contribution in [0.5, 0.6) is 0 Å². The monoisotopic (exact) mass is 386 g/mol. The van der Waals surface area contributed by atoms with Crippen LogP contribution in [-0.4, -0.2) is 57.9 Å². The number of halogens is 1. The Kier molecular flexibility index (Phi) is 5.36. The molecule has 0 bridgehead atoms. The number of benzene rings is 1. The molecule has 1 saturated heterocycles. The van der Waals surface area contributed by atoms with Crippen LogP contribution in [0.2, 0.25) is 0 Å². The van der Waals surface area contributed by atoms with Crippen LogP contribution >= 0.6 is 0 Å². The summed E-state index contributed by atoms with van der Waals surface area (Å²) in [5.41, 5.74) is 0.686. The first-order valence-corrected chi connectivity index (χ1v) is 9.75. The first-order chi connectivity index (χ1) is 13.6. The van der Waals surface area contributed by atoms with Crippen molar-refractivity contribution in [3.05, 3.63) is 36.0 Å². The van der Waals surface area contributed by atoms with Crippen molar-refractivity contribution in [1.29, 1.82) is 0 Å². The quantitative estimate of drug-likeness (QED) is 0.761. The predicted octanol–water partition coefficient (Wildman–Crippen LogP) is 2.28. The third kappa shape index (κ3) is 4.37. The zero-order valence-corrected chi connectivity index (χ0v) is 15.6. The number of rotatable bonds is 6. The predicted molar refractivity (Wildman–Crippen MR) is 98.5 cm³/mol. The third-order valence-electron chi connectivity index (χ3n) is 5.22. The Morgan fingerprint density at radius 1 is 1.07 bits per heavy atom. The number of aryl methyl sites for hydroxylation is 1. The Morgan fingerprint density at radius 2 is 1.75 bits per heavy atom. The first-order valence-electron chi connectivity index (χ1n) is 9.75. The molecule has 148 valence electrons. The maximum absolute atomic E-state index is 13.0. The Hall–Kier alpha value is -2.77. The Labute approximate surface area is 162 Å². The molecule has 0 spiro atoms. The fourth-order valence-electron chi connectivity index (χ4n) is 3.39. The summed E-state index contributed by atoms with van der Waals surface area (Å²) >= 11 is 0. The zero-order valence-electron chi connectivity index (χ0n) is 15.6. The van der Waals surface area contributed by atoms with Crippen LogP contribution < -0.4 is 0 Å². The highest BCUT2D eigenvalue weighted by atomic mass is 19.1. The van der Waals surface area contributed by atoms with Gasteiger partial charge in [0, 0.05) is 50.5 Å². The van der Waals surface area contributed by atoms with E-state index in [0.717, 1.165) is 12.8 Å². The molecule has 2 amide bonds. The number of carbonyl (C=O) groups is 2. The van der Waals surface area contributed by atoms with Gasteiger partial charge in [0.15, 0.2) is 0 Å². The van der Waals surface area contributed by atoms with Crippen LogP contribution in [-0.2, 0) is 16.0 Å². The highest BCUT2D eigenvalue weighted by Gasteiger charge is 2.35. The van der Waals surface area contributed by atoms with Crippen molar-refractivity contribution < 1.29 is 18.5 Å². The van der Waals surface area contributed by atoms with Gasteiger partial charge in [0.1, 0.15) is 5.82 Å². The summed E-state index contributed by atoms with van der Waals surface area (Å²) in [6.45, 7) is 2.47. The van der Waals surface area contributed by atoms with Crippen LogP contribution in [0.3, 0.4) is 0 Å². The molecule has 1 aliphatic carbocycles. The standard InChI is InChI=1S/C20H23FN4O3/c21-16-8-6-14(7-9-16)19-22-17(28-23-19)2-1-3-18(26)24-10-12-25(13-11-24)20(27)15-4-5-15/h6-9,15H,1-5,10-13H2. The van der Waals surface area contributed by atoms with Gasteiger partial charge in [-0.05, 0) is 43.5 Å². The minimum atomic E-state index is -0.316. The largest absolute Gasteiger partial charge is 0.339 e. The molecule has 7 nitrogen and oxygen atoms in total. The number of amides is 2. The Morgan fingerprint density at radius 3 is 2.43 bits per heavy atom. The fraction of sp³-hybridized carbons (Fsp3) is 0.500. The van der Waals surface area contributed by atoms with E-state index >= 15 is 0 Å². The van der Waals surface area contributed by atoms with Crippen molar-refractivity contribution in [3.63, 3.8) is 0 Å². The highest BCUT2D eigenvalue weighted by molar-refractivity contribution is 5.81. The molecule has 4 rings (SSSR count). The van der Waals surface area contributed by atoms with Gasteiger partial charge in [-0.2, -0.15) is 4.98 Å². The van der Waals surface area contributed by atoms with E-state index in [-0.39, 0.29) is 23.5 Å². The lowest BCUT2D eigenvalue weighted by atomic mass is 10.2. The second-order valence-corrected chi connectivity index (χ2v) is 7.35. The van der Waals surface area contributed by atoms with Gasteiger partial charge in [0.2, 0.25) is 23.5 Å². The molecule has 2 aromatic rings. The van der Waals surface area contributed by atoms with Crippen molar-refractivity contribution in [3.8, 4) is 11.4 Å². The molecule has 2 aliphatic rings. The molecule has 0 atom stereocenters. The van der Waals surface area contributed by atoms with Gasteiger partial charge in [-0.15, -0.1) is 0 Å². The van der Waals surface area contributed by atoms with E-state index in [1.807, 2.05) is 9.80 Å². The normalized spacial score (nSPS) is 17.0. The summed E-state index contributed by atoms with van der Waals surface area (Å²) in [5.74, 6) is 1.14. The van der Waals surface area contributed by atoms with Crippen LogP contribution in [0.1, 0.15) is 31.6 Å². The van der Waals surface area contributed by atoms with Gasteiger partial charge >= 0.3 is 0 Å². The van der Waals surface area contributed by atoms with E-state index < -0.39 is 0 Å². The maximum atomic E-state index is 13.0. The lowest BCUT2D eigenvalue weighted by Gasteiger charge is -2.35. The van der Waals surface area contributed by atoms with Gasteiger partial charge in [-0.25, -0.2) is 4.39 Å². The van der Waals surface area contributed by atoms with Crippen molar-refractivity contribution in [2.45, 2.75) is 32.1 Å². The van der Waals surface area contributed by atoms with Crippen molar-refractivity contribution in [1.82, 2.24) is 19.9 Å². The SMILES string of the molecule is O=C(CCCc1nc(-c2ccc(F)cc2)no1)N1CCN(C(=O)C2CC2)CC1. The number of hydrogen-bond acceptors (Lipinski definition) is 5. The minimum Gasteiger partial charge on any atom is -0.339 e. The molecule has 8 heteroatoms. The first kappa shape index (κ1) is 18.6. The van der Waals surface area contributed by atoms with Crippen molar-refractivity contribution >= 4 is 11.8 Å². The smallest absolute Gasteiger partial charge is 0.226 e. The Balaban J connectivity index is 1.20. The lowest BCUT2D eigenvalue weighted by molar-refractivity contribution is -0.140.